The maximum Gasteiger partial charge on any atom is 0.252 e. The predicted octanol–water partition coefficient (Wildman–Crippen LogP) is 4.13. The second-order valence-corrected chi connectivity index (χ2v) is 7.02. The lowest BCUT2D eigenvalue weighted by Gasteiger charge is -2.27. The number of imidazole rings is 1. The molecule has 0 unspecified atom stereocenters. The van der Waals surface area contributed by atoms with Crippen molar-refractivity contribution in [2.24, 2.45) is 0 Å². The fourth-order valence-electron chi connectivity index (χ4n) is 2.90. The van der Waals surface area contributed by atoms with Crippen molar-refractivity contribution < 1.29 is 18.3 Å². The van der Waals surface area contributed by atoms with E-state index in [1.807, 2.05) is 13.1 Å². The SMILES string of the molecule is COc1cc(C(=O)NC(C)(C)c2ccc(F)c(F)c2)ccc1-n1cnc(C)c1. The molecule has 0 atom stereocenters. The Balaban J connectivity index is 1.86. The number of hydrogen-bond donors (Lipinski definition) is 1. The van der Waals surface area contributed by atoms with Gasteiger partial charge in [0.1, 0.15) is 5.75 Å². The highest BCUT2D eigenvalue weighted by atomic mass is 19.2. The van der Waals surface area contributed by atoms with E-state index in [2.05, 4.69) is 10.3 Å². The molecule has 0 saturated heterocycles. The largest absolute Gasteiger partial charge is 0.495 e. The number of methoxy groups -OCH3 is 1. The Morgan fingerprint density at radius 3 is 2.50 bits per heavy atom. The monoisotopic (exact) mass is 385 g/mol. The second-order valence-electron chi connectivity index (χ2n) is 7.02. The zero-order valence-corrected chi connectivity index (χ0v) is 16.1. The van der Waals surface area contributed by atoms with Crippen molar-refractivity contribution in [1.29, 1.82) is 0 Å². The van der Waals surface area contributed by atoms with Crippen molar-refractivity contribution >= 4 is 5.91 Å². The summed E-state index contributed by atoms with van der Waals surface area (Å²) in [5.41, 5.74) is 1.54. The van der Waals surface area contributed by atoms with Gasteiger partial charge in [0, 0.05) is 11.8 Å². The van der Waals surface area contributed by atoms with Gasteiger partial charge in [-0.2, -0.15) is 0 Å². The van der Waals surface area contributed by atoms with Crippen LogP contribution in [-0.2, 0) is 5.54 Å². The van der Waals surface area contributed by atoms with Gasteiger partial charge in [0.2, 0.25) is 0 Å². The summed E-state index contributed by atoms with van der Waals surface area (Å²) >= 11 is 0. The van der Waals surface area contributed by atoms with Gasteiger partial charge in [0.05, 0.1) is 30.4 Å². The topological polar surface area (TPSA) is 56.1 Å². The summed E-state index contributed by atoms with van der Waals surface area (Å²) in [7, 11) is 1.52. The molecule has 5 nitrogen and oxygen atoms in total. The van der Waals surface area contributed by atoms with Gasteiger partial charge in [-0.15, -0.1) is 0 Å². The Morgan fingerprint density at radius 1 is 1.14 bits per heavy atom. The lowest BCUT2D eigenvalue weighted by molar-refractivity contribution is 0.0911. The van der Waals surface area contributed by atoms with E-state index in [1.54, 1.807) is 42.9 Å². The van der Waals surface area contributed by atoms with E-state index in [0.29, 0.717) is 16.9 Å². The summed E-state index contributed by atoms with van der Waals surface area (Å²) in [5.74, 6) is -1.74. The van der Waals surface area contributed by atoms with Crippen molar-refractivity contribution in [1.82, 2.24) is 14.9 Å². The third-order valence-electron chi connectivity index (χ3n) is 4.50. The first-order valence-corrected chi connectivity index (χ1v) is 8.68. The van der Waals surface area contributed by atoms with Crippen molar-refractivity contribution in [2.45, 2.75) is 26.3 Å². The van der Waals surface area contributed by atoms with Crippen LogP contribution in [0.2, 0.25) is 0 Å². The van der Waals surface area contributed by atoms with Crippen LogP contribution in [0.15, 0.2) is 48.9 Å². The summed E-state index contributed by atoms with van der Waals surface area (Å²) < 4.78 is 34.0. The van der Waals surface area contributed by atoms with Gasteiger partial charge in [-0.1, -0.05) is 6.07 Å². The van der Waals surface area contributed by atoms with Gasteiger partial charge in [-0.05, 0) is 56.7 Å². The average molecular weight is 385 g/mol. The quantitative estimate of drug-likeness (QED) is 0.718. The van der Waals surface area contributed by atoms with Crippen molar-refractivity contribution in [2.75, 3.05) is 7.11 Å². The summed E-state index contributed by atoms with van der Waals surface area (Å²) in [6.07, 6.45) is 3.52. The van der Waals surface area contributed by atoms with Crippen LogP contribution in [0, 0.1) is 18.6 Å². The van der Waals surface area contributed by atoms with Crippen molar-refractivity contribution in [3.63, 3.8) is 0 Å². The Labute approximate surface area is 162 Å². The van der Waals surface area contributed by atoms with Gasteiger partial charge in [0.15, 0.2) is 11.6 Å². The molecule has 0 radical (unpaired) electrons. The fraction of sp³-hybridized carbons (Fsp3) is 0.238. The summed E-state index contributed by atoms with van der Waals surface area (Å²) in [4.78, 5) is 16.9. The molecule has 1 amide bonds. The number of ether oxygens (including phenoxy) is 1. The highest BCUT2D eigenvalue weighted by Gasteiger charge is 2.25. The first-order chi connectivity index (χ1) is 13.2. The van der Waals surface area contributed by atoms with Gasteiger partial charge >= 0.3 is 0 Å². The molecule has 0 spiro atoms. The molecule has 3 rings (SSSR count). The number of amides is 1. The molecule has 0 fully saturated rings. The van der Waals surface area contributed by atoms with Crippen LogP contribution < -0.4 is 10.1 Å². The maximum atomic E-state index is 13.6. The minimum absolute atomic E-state index is 0.360. The van der Waals surface area contributed by atoms with Crippen LogP contribution >= 0.6 is 0 Å². The molecule has 7 heteroatoms. The molecular formula is C21H21F2N3O2. The van der Waals surface area contributed by atoms with Crippen molar-refractivity contribution in [3.8, 4) is 11.4 Å². The molecule has 0 aliphatic carbocycles. The Morgan fingerprint density at radius 2 is 1.89 bits per heavy atom. The van der Waals surface area contributed by atoms with E-state index < -0.39 is 17.2 Å². The lowest BCUT2D eigenvalue weighted by Crippen LogP contribution is -2.41. The minimum Gasteiger partial charge on any atom is -0.495 e. The smallest absolute Gasteiger partial charge is 0.252 e. The average Bonchev–Trinajstić information content (AvgIpc) is 3.09. The van der Waals surface area contributed by atoms with E-state index in [9.17, 15) is 13.6 Å². The molecule has 146 valence electrons. The number of carbonyl (C=O) groups excluding carboxylic acids is 1. The van der Waals surface area contributed by atoms with E-state index in [1.165, 1.54) is 13.2 Å². The van der Waals surface area contributed by atoms with E-state index in [-0.39, 0.29) is 5.91 Å². The van der Waals surface area contributed by atoms with Crippen LogP contribution in [-0.4, -0.2) is 22.6 Å². The van der Waals surface area contributed by atoms with Gasteiger partial charge < -0.3 is 14.6 Å². The molecule has 0 bridgehead atoms. The molecule has 2 aromatic carbocycles. The normalized spacial score (nSPS) is 11.4. The number of nitrogens with one attached hydrogen (secondary N) is 1. The number of aryl methyl sites for hydroxylation is 1. The number of halogens is 2. The molecule has 3 aromatic rings. The Bertz CT molecular complexity index is 1030. The maximum absolute atomic E-state index is 13.6. The molecular weight excluding hydrogens is 364 g/mol. The zero-order valence-electron chi connectivity index (χ0n) is 16.1. The first-order valence-electron chi connectivity index (χ1n) is 8.68. The van der Waals surface area contributed by atoms with Crippen LogP contribution in [0.25, 0.3) is 5.69 Å². The van der Waals surface area contributed by atoms with Crippen LogP contribution in [0.4, 0.5) is 8.78 Å². The Hall–Kier alpha value is -3.22. The van der Waals surface area contributed by atoms with Crippen molar-refractivity contribution in [3.05, 3.63) is 77.4 Å². The third kappa shape index (κ3) is 3.88. The molecule has 0 aliphatic heterocycles. The molecule has 1 aromatic heterocycles. The lowest BCUT2D eigenvalue weighted by atomic mass is 9.93. The number of hydrogen-bond acceptors (Lipinski definition) is 3. The van der Waals surface area contributed by atoms with E-state index in [0.717, 1.165) is 23.5 Å². The van der Waals surface area contributed by atoms with E-state index >= 15 is 0 Å². The second kappa shape index (κ2) is 7.42. The predicted molar refractivity (Wildman–Crippen MR) is 102 cm³/mol. The third-order valence-corrected chi connectivity index (χ3v) is 4.50. The molecule has 28 heavy (non-hydrogen) atoms. The number of rotatable bonds is 5. The molecule has 0 saturated carbocycles. The fourth-order valence-corrected chi connectivity index (χ4v) is 2.90. The minimum atomic E-state index is -0.957. The van der Waals surface area contributed by atoms with Crippen LogP contribution in [0.5, 0.6) is 5.75 Å². The summed E-state index contributed by atoms with van der Waals surface area (Å²) in [5, 5.41) is 2.85. The first kappa shape index (κ1) is 19.5. The van der Waals surface area contributed by atoms with Gasteiger partial charge in [-0.3, -0.25) is 4.79 Å². The number of benzene rings is 2. The van der Waals surface area contributed by atoms with E-state index in [4.69, 9.17) is 4.74 Å². The molecule has 1 heterocycles. The molecule has 1 N–H and O–H groups in total. The number of aromatic nitrogens is 2. The summed E-state index contributed by atoms with van der Waals surface area (Å²) in [6, 6.07) is 8.64. The highest BCUT2D eigenvalue weighted by Crippen LogP contribution is 2.26. The molecule has 0 aliphatic rings. The number of carbonyl (C=O) groups is 1. The van der Waals surface area contributed by atoms with Gasteiger partial charge in [-0.25, -0.2) is 13.8 Å². The standard InChI is InChI=1S/C21H21F2N3O2/c1-13-11-26(12-24-13)18-8-5-14(9-19(18)28-4)20(27)25-21(2,3)15-6-7-16(22)17(23)10-15/h5-12H,1-4H3,(H,25,27). The number of nitrogens with zero attached hydrogens (tertiary/aromatic N) is 2. The van der Waals surface area contributed by atoms with Crippen LogP contribution in [0.1, 0.15) is 35.5 Å². The summed E-state index contributed by atoms with van der Waals surface area (Å²) in [6.45, 7) is 5.32. The highest BCUT2D eigenvalue weighted by molar-refractivity contribution is 5.95. The zero-order chi connectivity index (χ0) is 20.5. The van der Waals surface area contributed by atoms with Crippen LogP contribution in [0.3, 0.4) is 0 Å². The van der Waals surface area contributed by atoms with Gasteiger partial charge in [0.25, 0.3) is 5.91 Å². The Kier molecular flexibility index (Phi) is 5.18.